The summed E-state index contributed by atoms with van der Waals surface area (Å²) >= 11 is 0. The Kier molecular flexibility index (Phi) is 2.46. The van der Waals surface area contributed by atoms with Crippen LogP contribution < -0.4 is 0 Å². The van der Waals surface area contributed by atoms with Gasteiger partial charge in [0.15, 0.2) is 0 Å². The second-order valence-electron chi connectivity index (χ2n) is 3.86. The van der Waals surface area contributed by atoms with E-state index >= 15 is 0 Å². The zero-order valence-electron chi connectivity index (χ0n) is 9.51. The van der Waals surface area contributed by atoms with E-state index in [2.05, 4.69) is 9.97 Å². The molecule has 0 unspecified atom stereocenters. The normalized spacial score (nSPS) is 10.6. The maximum absolute atomic E-state index is 13.9. The number of aromatic nitrogens is 3. The number of hydrogen-bond donors (Lipinski definition) is 0. The largest absolute Gasteiger partial charge is 0.294 e. The Balaban J connectivity index is 2.41. The van der Waals surface area contributed by atoms with Gasteiger partial charge in [0.2, 0.25) is 0 Å². The molecule has 0 fully saturated rings. The third-order valence-electron chi connectivity index (χ3n) is 2.70. The van der Waals surface area contributed by atoms with E-state index in [1.807, 2.05) is 6.07 Å². The van der Waals surface area contributed by atoms with Crippen molar-refractivity contribution in [3.63, 3.8) is 0 Å². The van der Waals surface area contributed by atoms with E-state index in [1.165, 1.54) is 6.20 Å². The zero-order valence-corrected chi connectivity index (χ0v) is 9.51. The summed E-state index contributed by atoms with van der Waals surface area (Å²) in [5.41, 5.74) is 1.08. The fourth-order valence-corrected chi connectivity index (χ4v) is 1.95. The van der Waals surface area contributed by atoms with E-state index in [1.54, 1.807) is 18.2 Å². The summed E-state index contributed by atoms with van der Waals surface area (Å²) in [4.78, 5) is 7.39. The SMILES string of the molecule is N#Cc1cccc2nc(F)n(-c3cncc(F)c3)c12. The van der Waals surface area contributed by atoms with Gasteiger partial charge in [0.05, 0.1) is 34.7 Å². The van der Waals surface area contributed by atoms with Crippen LogP contribution in [0.4, 0.5) is 8.78 Å². The monoisotopic (exact) mass is 256 g/mol. The lowest BCUT2D eigenvalue weighted by molar-refractivity contribution is 0.526. The first kappa shape index (κ1) is 11.3. The molecule has 0 saturated heterocycles. The molecule has 0 saturated carbocycles. The van der Waals surface area contributed by atoms with Gasteiger partial charge >= 0.3 is 0 Å². The minimum atomic E-state index is -0.815. The number of pyridine rings is 1. The van der Waals surface area contributed by atoms with E-state index in [4.69, 9.17) is 5.26 Å². The Morgan fingerprint density at radius 3 is 2.79 bits per heavy atom. The lowest BCUT2D eigenvalue weighted by Crippen LogP contribution is -2.00. The first-order valence-corrected chi connectivity index (χ1v) is 5.38. The minimum absolute atomic E-state index is 0.183. The van der Waals surface area contributed by atoms with E-state index in [0.29, 0.717) is 11.0 Å². The van der Waals surface area contributed by atoms with Crippen molar-refractivity contribution in [1.29, 1.82) is 5.26 Å². The van der Waals surface area contributed by atoms with Crippen molar-refractivity contribution < 1.29 is 8.78 Å². The van der Waals surface area contributed by atoms with Gasteiger partial charge in [0, 0.05) is 6.07 Å². The first-order valence-electron chi connectivity index (χ1n) is 5.38. The van der Waals surface area contributed by atoms with Crippen molar-refractivity contribution in [1.82, 2.24) is 14.5 Å². The van der Waals surface area contributed by atoms with Crippen LogP contribution >= 0.6 is 0 Å². The number of benzene rings is 1. The van der Waals surface area contributed by atoms with Crippen molar-refractivity contribution in [2.45, 2.75) is 0 Å². The Bertz CT molecular complexity index is 817. The standard InChI is InChI=1S/C13H6F2N4/c14-9-4-10(7-17-6-9)19-12-8(5-16)2-1-3-11(12)18-13(19)15/h1-4,6-7H. The number of halogens is 2. The lowest BCUT2D eigenvalue weighted by atomic mass is 10.2. The van der Waals surface area contributed by atoms with E-state index < -0.39 is 11.9 Å². The van der Waals surface area contributed by atoms with Crippen LogP contribution in [-0.4, -0.2) is 14.5 Å². The molecule has 0 atom stereocenters. The van der Waals surface area contributed by atoms with Crippen LogP contribution in [-0.2, 0) is 0 Å². The molecule has 6 heteroatoms. The second-order valence-corrected chi connectivity index (χ2v) is 3.86. The molecule has 3 rings (SSSR count). The number of hydrogen-bond acceptors (Lipinski definition) is 3. The third-order valence-corrected chi connectivity index (χ3v) is 2.70. The molecule has 0 aliphatic heterocycles. The first-order chi connectivity index (χ1) is 9.20. The number of nitriles is 1. The molecular formula is C13H6F2N4. The van der Waals surface area contributed by atoms with Crippen molar-refractivity contribution in [2.24, 2.45) is 0 Å². The number of nitrogens with zero attached hydrogens (tertiary/aromatic N) is 4. The predicted octanol–water partition coefficient (Wildman–Crippen LogP) is 2.57. The average Bonchev–Trinajstić information content (AvgIpc) is 2.74. The molecule has 92 valence electrons. The summed E-state index contributed by atoms with van der Waals surface area (Å²) in [7, 11) is 0. The summed E-state index contributed by atoms with van der Waals surface area (Å²) in [6.45, 7) is 0. The van der Waals surface area contributed by atoms with Crippen LogP contribution in [0.2, 0.25) is 0 Å². The molecule has 0 radical (unpaired) electrons. The summed E-state index contributed by atoms with van der Waals surface area (Å²) in [6, 6.07) is 7.84. The Labute approximate surface area is 106 Å². The molecule has 4 nitrogen and oxygen atoms in total. The minimum Gasteiger partial charge on any atom is -0.266 e. The van der Waals surface area contributed by atoms with E-state index in [-0.39, 0.29) is 11.3 Å². The van der Waals surface area contributed by atoms with Gasteiger partial charge in [-0.25, -0.2) is 9.37 Å². The number of para-hydroxylation sites is 1. The molecule has 0 aliphatic rings. The van der Waals surface area contributed by atoms with Crippen LogP contribution in [0, 0.1) is 23.2 Å². The highest BCUT2D eigenvalue weighted by molar-refractivity contribution is 5.83. The number of rotatable bonds is 1. The molecule has 0 N–H and O–H groups in total. The van der Waals surface area contributed by atoms with Gasteiger partial charge in [0.1, 0.15) is 11.9 Å². The van der Waals surface area contributed by atoms with Gasteiger partial charge in [-0.05, 0) is 12.1 Å². The van der Waals surface area contributed by atoms with Crippen molar-refractivity contribution in [3.05, 3.63) is 54.1 Å². The molecule has 2 aromatic heterocycles. The van der Waals surface area contributed by atoms with Crippen LogP contribution in [0.25, 0.3) is 16.7 Å². The van der Waals surface area contributed by atoms with Crippen molar-refractivity contribution >= 4 is 11.0 Å². The van der Waals surface area contributed by atoms with E-state index in [0.717, 1.165) is 16.8 Å². The van der Waals surface area contributed by atoms with Crippen LogP contribution in [0.1, 0.15) is 5.56 Å². The predicted molar refractivity (Wildman–Crippen MR) is 63.5 cm³/mol. The number of fused-ring (bicyclic) bond motifs is 1. The second kappa shape index (κ2) is 4.14. The van der Waals surface area contributed by atoms with E-state index in [9.17, 15) is 8.78 Å². The van der Waals surface area contributed by atoms with Crippen LogP contribution in [0.3, 0.4) is 0 Å². The summed E-state index contributed by atoms with van der Waals surface area (Å²) < 4.78 is 28.2. The lowest BCUT2D eigenvalue weighted by Gasteiger charge is -2.05. The highest BCUT2D eigenvalue weighted by Crippen LogP contribution is 2.23. The average molecular weight is 256 g/mol. The van der Waals surface area contributed by atoms with Crippen molar-refractivity contribution in [3.8, 4) is 11.8 Å². The molecule has 1 aromatic carbocycles. The smallest absolute Gasteiger partial charge is 0.266 e. The molecule has 19 heavy (non-hydrogen) atoms. The maximum Gasteiger partial charge on any atom is 0.294 e. The molecule has 2 heterocycles. The van der Waals surface area contributed by atoms with Gasteiger partial charge < -0.3 is 0 Å². The Morgan fingerprint density at radius 1 is 1.21 bits per heavy atom. The molecule has 0 aliphatic carbocycles. The summed E-state index contributed by atoms with van der Waals surface area (Å²) in [5.74, 6) is -0.590. The fourth-order valence-electron chi connectivity index (χ4n) is 1.95. The number of imidazole rings is 1. The van der Waals surface area contributed by atoms with Gasteiger partial charge in [-0.2, -0.15) is 9.65 Å². The van der Waals surface area contributed by atoms with Crippen molar-refractivity contribution in [2.75, 3.05) is 0 Å². The summed E-state index contributed by atoms with van der Waals surface area (Å²) in [5, 5.41) is 9.07. The van der Waals surface area contributed by atoms with Gasteiger partial charge in [-0.3, -0.25) is 9.55 Å². The maximum atomic E-state index is 13.9. The highest BCUT2D eigenvalue weighted by Gasteiger charge is 2.15. The van der Waals surface area contributed by atoms with Gasteiger partial charge in [0.25, 0.3) is 6.08 Å². The molecule has 0 amide bonds. The quantitative estimate of drug-likeness (QED) is 0.672. The molecule has 0 bridgehead atoms. The molecular weight excluding hydrogens is 250 g/mol. The topological polar surface area (TPSA) is 54.5 Å². The van der Waals surface area contributed by atoms with Crippen LogP contribution in [0.5, 0.6) is 0 Å². The Hall–Kier alpha value is -2.81. The highest BCUT2D eigenvalue weighted by atomic mass is 19.1. The zero-order chi connectivity index (χ0) is 13.4. The molecule has 0 spiro atoms. The molecule has 3 aromatic rings. The van der Waals surface area contributed by atoms with Gasteiger partial charge in [-0.1, -0.05) is 6.07 Å². The van der Waals surface area contributed by atoms with Crippen LogP contribution in [0.15, 0.2) is 36.7 Å². The fraction of sp³-hybridized carbons (Fsp3) is 0. The third kappa shape index (κ3) is 1.72. The summed E-state index contributed by atoms with van der Waals surface area (Å²) in [6.07, 6.45) is 1.51. The Morgan fingerprint density at radius 2 is 2.05 bits per heavy atom. The van der Waals surface area contributed by atoms with Gasteiger partial charge in [-0.15, -0.1) is 0 Å².